The highest BCUT2D eigenvalue weighted by molar-refractivity contribution is 5.91. The van der Waals surface area contributed by atoms with Gasteiger partial charge in [-0.25, -0.2) is 0 Å². The lowest BCUT2D eigenvalue weighted by atomic mass is 9.85. The zero-order chi connectivity index (χ0) is 19.9. The third kappa shape index (κ3) is 5.95. The lowest BCUT2D eigenvalue weighted by Gasteiger charge is -2.19. The zero-order valence-corrected chi connectivity index (χ0v) is 15.5. The van der Waals surface area contributed by atoms with Crippen molar-refractivity contribution in [1.82, 2.24) is 5.32 Å². The second-order valence-corrected chi connectivity index (χ2v) is 6.82. The van der Waals surface area contributed by atoms with Crippen molar-refractivity contribution in [2.75, 3.05) is 11.9 Å². The summed E-state index contributed by atoms with van der Waals surface area (Å²) in [5.74, 6) is -1.26. The van der Waals surface area contributed by atoms with Crippen LogP contribution in [-0.2, 0) is 26.2 Å². The summed E-state index contributed by atoms with van der Waals surface area (Å²) in [4.78, 5) is 35.1. The smallest absolute Gasteiger partial charge is 0.313 e. The van der Waals surface area contributed by atoms with Crippen LogP contribution >= 0.6 is 0 Å². The second-order valence-electron chi connectivity index (χ2n) is 6.82. The number of benzene rings is 2. The molecule has 0 bridgehead atoms. The van der Waals surface area contributed by atoms with Gasteiger partial charge in [-0.15, -0.1) is 0 Å². The predicted octanol–water partition coefficient (Wildman–Crippen LogP) is 2.74. The van der Waals surface area contributed by atoms with Gasteiger partial charge in [0.05, 0.1) is 11.8 Å². The van der Waals surface area contributed by atoms with Gasteiger partial charge in [0, 0.05) is 18.7 Å². The van der Waals surface area contributed by atoms with Gasteiger partial charge in [0.25, 0.3) is 0 Å². The Hall–Kier alpha value is -3.15. The maximum Gasteiger partial charge on any atom is 0.313 e. The summed E-state index contributed by atoms with van der Waals surface area (Å²) in [6.45, 7) is 3.50. The lowest BCUT2D eigenvalue weighted by Crippen LogP contribution is -2.29. The summed E-state index contributed by atoms with van der Waals surface area (Å²) < 4.78 is 0. The van der Waals surface area contributed by atoms with E-state index in [1.54, 1.807) is 38.1 Å². The first-order chi connectivity index (χ1) is 12.8. The molecule has 2 amide bonds. The number of rotatable bonds is 8. The van der Waals surface area contributed by atoms with Crippen LogP contribution in [0.1, 0.15) is 31.4 Å². The molecule has 0 aliphatic carbocycles. The standard InChI is InChI=1S/C21H24N2O4/c1-21(2,20(26)27)16-8-10-17(11-9-16)23-18(24)12-13-22-19(25)14-15-6-4-3-5-7-15/h3-11H,12-14H2,1-2H3,(H,22,25)(H,23,24)(H,26,27). The normalized spacial score (nSPS) is 10.9. The third-order valence-corrected chi connectivity index (χ3v) is 4.31. The van der Waals surface area contributed by atoms with Crippen molar-refractivity contribution in [2.24, 2.45) is 0 Å². The molecule has 0 spiro atoms. The Bertz CT molecular complexity index is 799. The van der Waals surface area contributed by atoms with Crippen molar-refractivity contribution < 1.29 is 19.5 Å². The van der Waals surface area contributed by atoms with Crippen LogP contribution in [0.3, 0.4) is 0 Å². The quantitative estimate of drug-likeness (QED) is 0.668. The molecule has 0 aliphatic rings. The molecule has 27 heavy (non-hydrogen) atoms. The van der Waals surface area contributed by atoms with Crippen LogP contribution in [0.5, 0.6) is 0 Å². The maximum absolute atomic E-state index is 12.0. The molecule has 0 unspecified atom stereocenters. The minimum atomic E-state index is -0.994. The van der Waals surface area contributed by atoms with Crippen molar-refractivity contribution in [3.63, 3.8) is 0 Å². The number of carboxylic acids is 1. The molecular formula is C21H24N2O4. The van der Waals surface area contributed by atoms with E-state index in [4.69, 9.17) is 0 Å². The minimum Gasteiger partial charge on any atom is -0.481 e. The van der Waals surface area contributed by atoms with Crippen LogP contribution in [0.25, 0.3) is 0 Å². The first-order valence-corrected chi connectivity index (χ1v) is 8.73. The van der Waals surface area contributed by atoms with Crippen molar-refractivity contribution in [2.45, 2.75) is 32.1 Å². The maximum atomic E-state index is 12.0. The molecule has 2 rings (SSSR count). The number of carboxylic acid groups (broad SMARTS) is 1. The summed E-state index contributed by atoms with van der Waals surface area (Å²) in [6, 6.07) is 16.1. The molecule has 142 valence electrons. The SMILES string of the molecule is CC(C)(C(=O)O)c1ccc(NC(=O)CCNC(=O)Cc2ccccc2)cc1. The molecule has 6 heteroatoms. The number of hydrogen-bond acceptors (Lipinski definition) is 3. The molecule has 0 saturated heterocycles. The van der Waals surface area contributed by atoms with Gasteiger partial charge in [-0.05, 0) is 37.1 Å². The molecular weight excluding hydrogens is 344 g/mol. The van der Waals surface area contributed by atoms with E-state index in [0.29, 0.717) is 11.3 Å². The van der Waals surface area contributed by atoms with Crippen LogP contribution < -0.4 is 10.6 Å². The van der Waals surface area contributed by atoms with Gasteiger partial charge < -0.3 is 15.7 Å². The molecule has 2 aromatic carbocycles. The van der Waals surface area contributed by atoms with Gasteiger partial charge >= 0.3 is 5.97 Å². The van der Waals surface area contributed by atoms with Crippen molar-refractivity contribution in [1.29, 1.82) is 0 Å². The molecule has 3 N–H and O–H groups in total. The summed E-state index contributed by atoms with van der Waals surface area (Å²) in [6.07, 6.45) is 0.437. The first-order valence-electron chi connectivity index (χ1n) is 8.73. The van der Waals surface area contributed by atoms with Gasteiger partial charge in [-0.2, -0.15) is 0 Å². The van der Waals surface area contributed by atoms with E-state index in [-0.39, 0.29) is 31.2 Å². The molecule has 0 atom stereocenters. The van der Waals surface area contributed by atoms with Crippen LogP contribution in [0.4, 0.5) is 5.69 Å². The first kappa shape index (κ1) is 20.2. The van der Waals surface area contributed by atoms with Crippen molar-refractivity contribution in [3.05, 3.63) is 65.7 Å². The Balaban J connectivity index is 1.77. The average Bonchev–Trinajstić information content (AvgIpc) is 2.63. The minimum absolute atomic E-state index is 0.130. The molecule has 0 fully saturated rings. The Kier molecular flexibility index (Phi) is 6.71. The van der Waals surface area contributed by atoms with Crippen molar-refractivity contribution >= 4 is 23.5 Å². The van der Waals surface area contributed by atoms with Crippen LogP contribution in [0, 0.1) is 0 Å². The Labute approximate surface area is 158 Å². The molecule has 0 radical (unpaired) electrons. The Morgan fingerprint density at radius 3 is 2.15 bits per heavy atom. The third-order valence-electron chi connectivity index (χ3n) is 4.31. The highest BCUT2D eigenvalue weighted by atomic mass is 16.4. The number of nitrogens with one attached hydrogen (secondary N) is 2. The number of hydrogen-bond donors (Lipinski definition) is 3. The Morgan fingerprint density at radius 2 is 1.56 bits per heavy atom. The van der Waals surface area contributed by atoms with E-state index < -0.39 is 11.4 Å². The summed E-state index contributed by atoms with van der Waals surface area (Å²) in [5, 5.41) is 14.7. The number of amides is 2. The second kappa shape index (κ2) is 8.98. The summed E-state index contributed by atoms with van der Waals surface area (Å²) in [7, 11) is 0. The highest BCUT2D eigenvalue weighted by Gasteiger charge is 2.29. The van der Waals surface area contributed by atoms with E-state index in [9.17, 15) is 19.5 Å². The number of aliphatic carboxylic acids is 1. The van der Waals surface area contributed by atoms with Gasteiger partial charge in [-0.3, -0.25) is 14.4 Å². The summed E-state index contributed by atoms with van der Waals surface area (Å²) >= 11 is 0. The van der Waals surface area contributed by atoms with E-state index >= 15 is 0 Å². The van der Waals surface area contributed by atoms with Gasteiger partial charge in [0.2, 0.25) is 11.8 Å². The summed E-state index contributed by atoms with van der Waals surface area (Å²) in [5.41, 5.74) is 1.16. The van der Waals surface area contributed by atoms with E-state index in [2.05, 4.69) is 10.6 Å². The molecule has 0 heterocycles. The lowest BCUT2D eigenvalue weighted by molar-refractivity contribution is -0.142. The van der Waals surface area contributed by atoms with Crippen LogP contribution in [0.15, 0.2) is 54.6 Å². The number of anilines is 1. The molecule has 6 nitrogen and oxygen atoms in total. The van der Waals surface area contributed by atoms with E-state index in [1.807, 2.05) is 30.3 Å². The number of carbonyl (C=O) groups is 3. The molecule has 0 saturated carbocycles. The van der Waals surface area contributed by atoms with Crippen molar-refractivity contribution in [3.8, 4) is 0 Å². The van der Waals surface area contributed by atoms with Gasteiger partial charge in [0.15, 0.2) is 0 Å². The number of carbonyl (C=O) groups excluding carboxylic acids is 2. The Morgan fingerprint density at radius 1 is 0.926 bits per heavy atom. The van der Waals surface area contributed by atoms with E-state index in [0.717, 1.165) is 5.56 Å². The molecule has 0 aliphatic heterocycles. The monoisotopic (exact) mass is 368 g/mol. The fourth-order valence-electron chi connectivity index (χ4n) is 2.48. The zero-order valence-electron chi connectivity index (χ0n) is 15.5. The fraction of sp³-hybridized carbons (Fsp3) is 0.286. The highest BCUT2D eigenvalue weighted by Crippen LogP contribution is 2.24. The largest absolute Gasteiger partial charge is 0.481 e. The average molecular weight is 368 g/mol. The molecule has 2 aromatic rings. The van der Waals surface area contributed by atoms with Gasteiger partial charge in [-0.1, -0.05) is 42.5 Å². The topological polar surface area (TPSA) is 95.5 Å². The predicted molar refractivity (Wildman–Crippen MR) is 104 cm³/mol. The van der Waals surface area contributed by atoms with Gasteiger partial charge in [0.1, 0.15) is 0 Å². The fourth-order valence-corrected chi connectivity index (χ4v) is 2.48. The van der Waals surface area contributed by atoms with E-state index in [1.165, 1.54) is 0 Å². The van der Waals surface area contributed by atoms with Crippen LogP contribution in [-0.4, -0.2) is 29.4 Å². The molecule has 0 aromatic heterocycles. The van der Waals surface area contributed by atoms with Crippen LogP contribution in [0.2, 0.25) is 0 Å².